The van der Waals surface area contributed by atoms with E-state index >= 15 is 0 Å². The molecule has 1 N–H and O–H groups in total. The molecule has 0 aliphatic rings. The highest BCUT2D eigenvalue weighted by molar-refractivity contribution is 14.1. The third kappa shape index (κ3) is 3.20. The molecule has 1 unspecified atom stereocenters. The van der Waals surface area contributed by atoms with Crippen molar-refractivity contribution in [2.45, 2.75) is 13.0 Å². The normalized spacial score (nSPS) is 12.2. The zero-order valence-electron chi connectivity index (χ0n) is 9.73. The summed E-state index contributed by atoms with van der Waals surface area (Å²) < 4.78 is 20.2. The van der Waals surface area contributed by atoms with E-state index in [1.54, 1.807) is 19.1 Å². The first-order chi connectivity index (χ1) is 8.56. The largest absolute Gasteiger partial charge is 0.454 e. The van der Waals surface area contributed by atoms with Gasteiger partial charge in [-0.05, 0) is 65.4 Å². The van der Waals surface area contributed by atoms with Crippen LogP contribution in [-0.2, 0) is 0 Å². The quantitative estimate of drug-likeness (QED) is 0.831. The molecule has 0 saturated carbocycles. The van der Waals surface area contributed by atoms with Crippen molar-refractivity contribution in [3.63, 3.8) is 0 Å². The highest BCUT2D eigenvalue weighted by atomic mass is 127. The Morgan fingerprint density at radius 3 is 2.61 bits per heavy atom. The predicted molar refractivity (Wildman–Crippen MR) is 76.3 cm³/mol. The molecule has 0 aliphatic carbocycles. The Hall–Kier alpha value is -1.14. The number of halogens is 2. The van der Waals surface area contributed by atoms with Gasteiger partial charge in [0.15, 0.2) is 11.6 Å². The fourth-order valence-electron chi connectivity index (χ4n) is 1.52. The summed E-state index contributed by atoms with van der Waals surface area (Å²) >= 11 is 2.16. The SMILES string of the molecule is CC(O)c1ccc(Oc2cccc(I)c2)c(F)c1. The van der Waals surface area contributed by atoms with Crippen molar-refractivity contribution < 1.29 is 14.2 Å². The maximum atomic E-state index is 13.8. The van der Waals surface area contributed by atoms with Gasteiger partial charge in [0.25, 0.3) is 0 Å². The molecule has 0 fully saturated rings. The summed E-state index contributed by atoms with van der Waals surface area (Å²) in [4.78, 5) is 0. The van der Waals surface area contributed by atoms with Crippen LogP contribution in [-0.4, -0.2) is 5.11 Å². The number of hydrogen-bond donors (Lipinski definition) is 1. The highest BCUT2D eigenvalue weighted by Crippen LogP contribution is 2.27. The van der Waals surface area contributed by atoms with Gasteiger partial charge in [0.2, 0.25) is 0 Å². The second kappa shape index (κ2) is 5.67. The van der Waals surface area contributed by atoms with Gasteiger partial charge in [-0.15, -0.1) is 0 Å². The minimum Gasteiger partial charge on any atom is -0.454 e. The maximum absolute atomic E-state index is 13.8. The first kappa shape index (κ1) is 13.3. The van der Waals surface area contributed by atoms with E-state index in [9.17, 15) is 9.50 Å². The molecule has 2 nitrogen and oxygen atoms in total. The van der Waals surface area contributed by atoms with Gasteiger partial charge < -0.3 is 9.84 Å². The molecule has 0 amide bonds. The minimum atomic E-state index is -0.689. The number of aliphatic hydroxyl groups excluding tert-OH is 1. The molecule has 0 heterocycles. The first-order valence-electron chi connectivity index (χ1n) is 5.47. The average Bonchev–Trinajstić information content (AvgIpc) is 2.31. The topological polar surface area (TPSA) is 29.5 Å². The third-order valence-electron chi connectivity index (χ3n) is 2.46. The van der Waals surface area contributed by atoms with E-state index in [-0.39, 0.29) is 5.75 Å². The highest BCUT2D eigenvalue weighted by Gasteiger charge is 2.08. The predicted octanol–water partition coefficient (Wildman–Crippen LogP) is 4.28. The Morgan fingerprint density at radius 2 is 2.00 bits per heavy atom. The minimum absolute atomic E-state index is 0.154. The Kier molecular flexibility index (Phi) is 4.19. The maximum Gasteiger partial charge on any atom is 0.166 e. The molecule has 1 atom stereocenters. The Morgan fingerprint density at radius 1 is 1.22 bits per heavy atom. The Bertz CT molecular complexity index is 555. The summed E-state index contributed by atoms with van der Waals surface area (Å²) in [7, 11) is 0. The van der Waals surface area contributed by atoms with Crippen LogP contribution in [0.5, 0.6) is 11.5 Å². The van der Waals surface area contributed by atoms with Gasteiger partial charge in [0, 0.05) is 3.57 Å². The molecule has 0 spiro atoms. The van der Waals surface area contributed by atoms with E-state index in [1.165, 1.54) is 12.1 Å². The Balaban J connectivity index is 2.24. The van der Waals surface area contributed by atoms with Gasteiger partial charge >= 0.3 is 0 Å². The standard InChI is InChI=1S/C14H12FIO2/c1-9(17)10-5-6-14(13(15)7-10)18-12-4-2-3-11(16)8-12/h2-9,17H,1H3. The second-order valence-corrected chi connectivity index (χ2v) is 5.17. The Labute approximate surface area is 119 Å². The van der Waals surface area contributed by atoms with Gasteiger partial charge in [-0.1, -0.05) is 12.1 Å². The second-order valence-electron chi connectivity index (χ2n) is 3.93. The smallest absolute Gasteiger partial charge is 0.166 e. The molecule has 2 aromatic carbocycles. The molecule has 2 rings (SSSR count). The van der Waals surface area contributed by atoms with Crippen molar-refractivity contribution in [3.8, 4) is 11.5 Å². The number of aliphatic hydroxyl groups is 1. The van der Waals surface area contributed by atoms with Crippen molar-refractivity contribution in [1.29, 1.82) is 0 Å². The molecule has 0 bridgehead atoms. The molecule has 0 radical (unpaired) electrons. The van der Waals surface area contributed by atoms with Crippen molar-refractivity contribution in [3.05, 3.63) is 57.4 Å². The number of ether oxygens (including phenoxy) is 1. The molecular weight excluding hydrogens is 346 g/mol. The average molecular weight is 358 g/mol. The lowest BCUT2D eigenvalue weighted by molar-refractivity contribution is 0.198. The lowest BCUT2D eigenvalue weighted by Gasteiger charge is -2.09. The van der Waals surface area contributed by atoms with E-state index in [0.29, 0.717) is 11.3 Å². The molecular formula is C14H12FIO2. The summed E-state index contributed by atoms with van der Waals surface area (Å²) in [6, 6.07) is 11.8. The fraction of sp³-hybridized carbons (Fsp3) is 0.143. The number of benzene rings is 2. The third-order valence-corrected chi connectivity index (χ3v) is 3.13. The lowest BCUT2D eigenvalue weighted by atomic mass is 10.1. The van der Waals surface area contributed by atoms with Crippen LogP contribution in [0.2, 0.25) is 0 Å². The van der Waals surface area contributed by atoms with Gasteiger partial charge in [-0.2, -0.15) is 0 Å². The van der Waals surface area contributed by atoms with Crippen LogP contribution in [0.3, 0.4) is 0 Å². The van der Waals surface area contributed by atoms with Gasteiger partial charge in [0.1, 0.15) is 5.75 Å². The van der Waals surface area contributed by atoms with Crippen LogP contribution in [0.15, 0.2) is 42.5 Å². The molecule has 0 saturated heterocycles. The summed E-state index contributed by atoms with van der Waals surface area (Å²) in [6.07, 6.45) is -0.689. The number of hydrogen-bond acceptors (Lipinski definition) is 2. The van der Waals surface area contributed by atoms with E-state index in [1.807, 2.05) is 18.2 Å². The summed E-state index contributed by atoms with van der Waals surface area (Å²) in [5, 5.41) is 9.36. The van der Waals surface area contributed by atoms with Gasteiger partial charge in [-0.25, -0.2) is 4.39 Å². The van der Waals surface area contributed by atoms with E-state index in [4.69, 9.17) is 4.74 Å². The van der Waals surface area contributed by atoms with Crippen molar-refractivity contribution >= 4 is 22.6 Å². The van der Waals surface area contributed by atoms with Crippen LogP contribution >= 0.6 is 22.6 Å². The van der Waals surface area contributed by atoms with Crippen molar-refractivity contribution in [1.82, 2.24) is 0 Å². The fourth-order valence-corrected chi connectivity index (χ4v) is 2.03. The van der Waals surface area contributed by atoms with E-state index < -0.39 is 11.9 Å². The van der Waals surface area contributed by atoms with Crippen LogP contribution in [0, 0.1) is 9.39 Å². The van der Waals surface area contributed by atoms with Gasteiger partial charge in [-0.3, -0.25) is 0 Å². The molecule has 0 aliphatic heterocycles. The molecule has 0 aromatic heterocycles. The molecule has 18 heavy (non-hydrogen) atoms. The van der Waals surface area contributed by atoms with Crippen LogP contribution in [0.4, 0.5) is 4.39 Å². The zero-order chi connectivity index (χ0) is 13.1. The first-order valence-corrected chi connectivity index (χ1v) is 6.55. The summed E-state index contributed by atoms with van der Waals surface area (Å²) in [5.41, 5.74) is 0.530. The van der Waals surface area contributed by atoms with Crippen LogP contribution < -0.4 is 4.74 Å². The molecule has 94 valence electrons. The molecule has 2 aromatic rings. The molecule has 4 heteroatoms. The van der Waals surface area contributed by atoms with Crippen molar-refractivity contribution in [2.75, 3.05) is 0 Å². The van der Waals surface area contributed by atoms with E-state index in [0.717, 1.165) is 3.57 Å². The number of rotatable bonds is 3. The van der Waals surface area contributed by atoms with Crippen LogP contribution in [0.25, 0.3) is 0 Å². The van der Waals surface area contributed by atoms with Crippen LogP contribution in [0.1, 0.15) is 18.6 Å². The monoisotopic (exact) mass is 358 g/mol. The lowest BCUT2D eigenvalue weighted by Crippen LogP contribution is -1.94. The zero-order valence-corrected chi connectivity index (χ0v) is 11.9. The summed E-state index contributed by atoms with van der Waals surface area (Å²) in [6.45, 7) is 1.59. The van der Waals surface area contributed by atoms with Gasteiger partial charge in [0.05, 0.1) is 6.10 Å². The van der Waals surface area contributed by atoms with E-state index in [2.05, 4.69) is 22.6 Å². The van der Waals surface area contributed by atoms with Crippen molar-refractivity contribution in [2.24, 2.45) is 0 Å². The summed E-state index contributed by atoms with van der Waals surface area (Å²) in [5.74, 6) is 0.263.